The number of piperazine rings is 1. The van der Waals surface area contributed by atoms with Gasteiger partial charge in [0, 0.05) is 50.2 Å². The van der Waals surface area contributed by atoms with E-state index in [0.717, 1.165) is 13.0 Å². The van der Waals surface area contributed by atoms with Crippen molar-refractivity contribution in [2.45, 2.75) is 58.8 Å². The third-order valence-corrected chi connectivity index (χ3v) is 5.60. The highest BCUT2D eigenvalue weighted by Gasteiger charge is 2.60. The van der Waals surface area contributed by atoms with Gasteiger partial charge in [0.15, 0.2) is 0 Å². The number of nitrogens with one attached hydrogen (secondary N) is 1. The van der Waals surface area contributed by atoms with E-state index in [2.05, 4.69) is 19.2 Å². The van der Waals surface area contributed by atoms with Crippen molar-refractivity contribution in [2.24, 2.45) is 11.3 Å². The molecule has 1 N–H and O–H groups in total. The summed E-state index contributed by atoms with van der Waals surface area (Å²) in [6.45, 7) is 12.7. The largest absolute Gasteiger partial charge is 0.444 e. The number of fused-ring (bicyclic) bond motifs is 1. The summed E-state index contributed by atoms with van der Waals surface area (Å²) in [6, 6.07) is 0.128. The molecule has 3 atom stereocenters. The highest BCUT2D eigenvalue weighted by Crippen LogP contribution is 2.52. The van der Waals surface area contributed by atoms with E-state index in [1.165, 1.54) is 0 Å². The topological polar surface area (TPSA) is 71.1 Å². The smallest absolute Gasteiger partial charge is 0.410 e. The number of rotatable bonds is 1. The third-order valence-electron chi connectivity index (χ3n) is 5.60. The molecule has 2 heterocycles. The normalized spacial score (nSPS) is 31.2. The monoisotopic (exact) mass is 353 g/mol. The second kappa shape index (κ2) is 6.34. The molecule has 2 aliphatic heterocycles. The Bertz CT molecular complexity index is 535. The van der Waals surface area contributed by atoms with Crippen LogP contribution in [0.3, 0.4) is 0 Å². The van der Waals surface area contributed by atoms with E-state index in [1.807, 2.05) is 20.8 Å². The molecule has 0 radical (unpaired) electrons. The van der Waals surface area contributed by atoms with Gasteiger partial charge < -0.3 is 24.6 Å². The van der Waals surface area contributed by atoms with Gasteiger partial charge in [0.25, 0.3) is 0 Å². The first-order valence-corrected chi connectivity index (χ1v) is 9.24. The van der Waals surface area contributed by atoms with Gasteiger partial charge in [-0.15, -0.1) is 0 Å². The third kappa shape index (κ3) is 3.57. The lowest BCUT2D eigenvalue weighted by molar-refractivity contribution is -0.109. The Hall–Kier alpha value is -1.50. The Labute approximate surface area is 150 Å². The van der Waals surface area contributed by atoms with Crippen LogP contribution in [0.4, 0.5) is 9.59 Å². The molecule has 142 valence electrons. The van der Waals surface area contributed by atoms with Crippen LogP contribution in [0.1, 0.15) is 41.0 Å². The van der Waals surface area contributed by atoms with Gasteiger partial charge in [0.05, 0.1) is 6.10 Å². The summed E-state index contributed by atoms with van der Waals surface area (Å²) in [7, 11) is 0. The Morgan fingerprint density at radius 1 is 1.12 bits per heavy atom. The summed E-state index contributed by atoms with van der Waals surface area (Å²) in [5.41, 5.74) is -0.517. The van der Waals surface area contributed by atoms with E-state index >= 15 is 0 Å². The van der Waals surface area contributed by atoms with E-state index < -0.39 is 5.60 Å². The van der Waals surface area contributed by atoms with Crippen molar-refractivity contribution < 1.29 is 19.1 Å². The van der Waals surface area contributed by atoms with Crippen LogP contribution in [-0.2, 0) is 9.47 Å². The van der Waals surface area contributed by atoms with Crippen molar-refractivity contribution in [3.8, 4) is 0 Å². The molecule has 3 rings (SSSR count). The SMILES string of the molecule is CC(C)(C)OC(=O)N1CCN(C(=O)N[C@@H]2[C@H]3CCO[C@H]3C2(C)C)CC1. The summed E-state index contributed by atoms with van der Waals surface area (Å²) in [6.07, 6.45) is 0.978. The minimum Gasteiger partial charge on any atom is -0.444 e. The maximum Gasteiger partial charge on any atom is 0.410 e. The van der Waals surface area contributed by atoms with Gasteiger partial charge in [-0.25, -0.2) is 9.59 Å². The lowest BCUT2D eigenvalue weighted by atomic mass is 9.57. The van der Waals surface area contributed by atoms with Crippen LogP contribution in [0, 0.1) is 11.3 Å². The van der Waals surface area contributed by atoms with Crippen LogP contribution < -0.4 is 5.32 Å². The van der Waals surface area contributed by atoms with Gasteiger partial charge in [-0.3, -0.25) is 0 Å². The second-order valence-corrected chi connectivity index (χ2v) is 8.95. The number of ether oxygens (including phenoxy) is 2. The van der Waals surface area contributed by atoms with Gasteiger partial charge in [-0.05, 0) is 27.2 Å². The summed E-state index contributed by atoms with van der Waals surface area (Å²) < 4.78 is 11.2. The van der Waals surface area contributed by atoms with Crippen LogP contribution >= 0.6 is 0 Å². The van der Waals surface area contributed by atoms with Gasteiger partial charge in [0.1, 0.15) is 5.60 Å². The van der Waals surface area contributed by atoms with Crippen molar-refractivity contribution in [2.75, 3.05) is 32.8 Å². The molecule has 0 aromatic carbocycles. The molecule has 0 unspecified atom stereocenters. The average Bonchev–Trinajstić information content (AvgIpc) is 2.98. The highest BCUT2D eigenvalue weighted by molar-refractivity contribution is 5.75. The zero-order valence-electron chi connectivity index (χ0n) is 16.0. The van der Waals surface area contributed by atoms with Crippen LogP contribution in [0.15, 0.2) is 0 Å². The van der Waals surface area contributed by atoms with Crippen molar-refractivity contribution >= 4 is 12.1 Å². The van der Waals surface area contributed by atoms with E-state index in [0.29, 0.717) is 32.1 Å². The number of nitrogens with zero attached hydrogens (tertiary/aromatic N) is 2. The molecule has 3 aliphatic rings. The van der Waals surface area contributed by atoms with Crippen molar-refractivity contribution in [3.63, 3.8) is 0 Å². The van der Waals surface area contributed by atoms with Crippen molar-refractivity contribution in [1.29, 1.82) is 0 Å². The number of carbonyl (C=O) groups is 2. The fourth-order valence-corrected chi connectivity index (χ4v) is 4.26. The van der Waals surface area contributed by atoms with E-state index in [4.69, 9.17) is 9.47 Å². The second-order valence-electron chi connectivity index (χ2n) is 8.95. The van der Waals surface area contributed by atoms with Gasteiger partial charge in [-0.2, -0.15) is 0 Å². The van der Waals surface area contributed by atoms with Gasteiger partial charge >= 0.3 is 12.1 Å². The molecule has 3 amide bonds. The van der Waals surface area contributed by atoms with Gasteiger partial charge in [0.2, 0.25) is 0 Å². The van der Waals surface area contributed by atoms with Crippen LogP contribution in [0.5, 0.6) is 0 Å². The van der Waals surface area contributed by atoms with E-state index in [1.54, 1.807) is 9.80 Å². The molecule has 0 bridgehead atoms. The fraction of sp³-hybridized carbons (Fsp3) is 0.889. The first-order chi connectivity index (χ1) is 11.6. The van der Waals surface area contributed by atoms with E-state index in [-0.39, 0.29) is 29.7 Å². The number of amides is 3. The van der Waals surface area contributed by atoms with Crippen LogP contribution in [-0.4, -0.2) is 72.5 Å². The molecule has 0 aromatic rings. The average molecular weight is 353 g/mol. The van der Waals surface area contributed by atoms with E-state index in [9.17, 15) is 9.59 Å². The molecule has 0 spiro atoms. The van der Waals surface area contributed by atoms with Crippen LogP contribution in [0.2, 0.25) is 0 Å². The molecule has 1 aliphatic carbocycles. The number of hydrogen-bond donors (Lipinski definition) is 1. The Kier molecular flexibility index (Phi) is 4.64. The maximum absolute atomic E-state index is 12.6. The molecule has 25 heavy (non-hydrogen) atoms. The summed E-state index contributed by atoms with van der Waals surface area (Å²) in [4.78, 5) is 28.2. The lowest BCUT2D eigenvalue weighted by Gasteiger charge is -2.55. The predicted octanol–water partition coefficient (Wildman–Crippen LogP) is 2.06. The lowest BCUT2D eigenvalue weighted by Crippen LogP contribution is -2.68. The quantitative estimate of drug-likeness (QED) is 0.783. The first-order valence-electron chi connectivity index (χ1n) is 9.24. The molecular weight excluding hydrogens is 322 g/mol. The Balaban J connectivity index is 1.48. The summed E-state index contributed by atoms with van der Waals surface area (Å²) >= 11 is 0. The Morgan fingerprint density at radius 3 is 2.32 bits per heavy atom. The zero-order chi connectivity index (χ0) is 18.4. The number of hydrogen-bond acceptors (Lipinski definition) is 4. The molecule has 2 saturated heterocycles. The predicted molar refractivity (Wildman–Crippen MR) is 93.3 cm³/mol. The minimum atomic E-state index is -0.499. The zero-order valence-corrected chi connectivity index (χ0v) is 16.0. The Morgan fingerprint density at radius 2 is 1.72 bits per heavy atom. The van der Waals surface area contributed by atoms with Crippen LogP contribution in [0.25, 0.3) is 0 Å². The highest BCUT2D eigenvalue weighted by atomic mass is 16.6. The minimum absolute atomic E-state index is 0.0187. The summed E-state index contributed by atoms with van der Waals surface area (Å²) in [5, 5.41) is 3.20. The summed E-state index contributed by atoms with van der Waals surface area (Å²) in [5.74, 6) is 0.432. The standard InChI is InChI=1S/C18H31N3O4/c1-17(2,3)25-16(23)21-9-7-20(8-10-21)15(22)19-13-12-6-11-24-14(12)18(13,4)5/h12-14H,6-11H2,1-5H3,(H,19,22)/t12-,13-,14-/m1/s1. The molecule has 1 saturated carbocycles. The maximum atomic E-state index is 12.6. The number of carbonyl (C=O) groups excluding carboxylic acids is 2. The van der Waals surface area contributed by atoms with Crippen molar-refractivity contribution in [3.05, 3.63) is 0 Å². The molecule has 0 aromatic heterocycles. The molecular formula is C18H31N3O4. The fourth-order valence-electron chi connectivity index (χ4n) is 4.26. The first kappa shape index (κ1) is 18.3. The van der Waals surface area contributed by atoms with Gasteiger partial charge in [-0.1, -0.05) is 13.8 Å². The molecule has 7 heteroatoms. The number of urea groups is 1. The molecule has 7 nitrogen and oxygen atoms in total. The molecule has 3 fully saturated rings. The van der Waals surface area contributed by atoms with Crippen molar-refractivity contribution in [1.82, 2.24) is 15.1 Å².